The lowest BCUT2D eigenvalue weighted by Gasteiger charge is -2.26. The van der Waals surface area contributed by atoms with Gasteiger partial charge in [0.25, 0.3) is 0 Å². The molecule has 4 nitrogen and oxygen atoms in total. The van der Waals surface area contributed by atoms with E-state index in [1.165, 1.54) is 0 Å². The monoisotopic (exact) mass is 276 g/mol. The lowest BCUT2D eigenvalue weighted by molar-refractivity contribution is 0.360. The zero-order chi connectivity index (χ0) is 11.4. The van der Waals surface area contributed by atoms with Crippen LogP contribution in [-0.4, -0.2) is 38.9 Å². The van der Waals surface area contributed by atoms with Crippen molar-refractivity contribution in [1.29, 1.82) is 0 Å². The topological polar surface area (TPSA) is 49.4 Å². The van der Waals surface area contributed by atoms with Crippen molar-refractivity contribution in [3.63, 3.8) is 0 Å². The third-order valence-electron chi connectivity index (χ3n) is 2.66. The van der Waals surface area contributed by atoms with E-state index in [0.29, 0.717) is 13.1 Å². The molecular formula is C11H17ClN2O2S. The lowest BCUT2D eigenvalue weighted by atomic mass is 10.2. The summed E-state index contributed by atoms with van der Waals surface area (Å²) < 4.78 is 25.7. The van der Waals surface area contributed by atoms with Crippen molar-refractivity contribution in [3.8, 4) is 0 Å². The summed E-state index contributed by atoms with van der Waals surface area (Å²) in [5.41, 5.74) is 0.848. The molecule has 1 fully saturated rings. The van der Waals surface area contributed by atoms with E-state index in [0.717, 1.165) is 18.7 Å². The summed E-state index contributed by atoms with van der Waals surface area (Å²) in [5, 5.41) is 3.14. The molecule has 96 valence electrons. The van der Waals surface area contributed by atoms with Gasteiger partial charge < -0.3 is 5.32 Å². The van der Waals surface area contributed by atoms with Crippen LogP contribution >= 0.6 is 12.4 Å². The van der Waals surface area contributed by atoms with E-state index < -0.39 is 10.0 Å². The van der Waals surface area contributed by atoms with Crippen molar-refractivity contribution in [2.45, 2.75) is 5.75 Å². The second kappa shape index (κ2) is 6.35. The van der Waals surface area contributed by atoms with Crippen LogP contribution in [0.15, 0.2) is 30.3 Å². The molecule has 1 heterocycles. The molecule has 1 aromatic carbocycles. The largest absolute Gasteiger partial charge is 0.314 e. The first-order valence-electron chi connectivity index (χ1n) is 5.41. The maximum absolute atomic E-state index is 12.1. The molecule has 0 atom stereocenters. The minimum Gasteiger partial charge on any atom is -0.314 e. The molecule has 1 aliphatic heterocycles. The minimum absolute atomic E-state index is 0. The first-order chi connectivity index (χ1) is 7.68. The van der Waals surface area contributed by atoms with Crippen LogP contribution in [0.25, 0.3) is 0 Å². The second-order valence-electron chi connectivity index (χ2n) is 3.89. The van der Waals surface area contributed by atoms with E-state index >= 15 is 0 Å². The van der Waals surface area contributed by atoms with Crippen LogP contribution in [0.5, 0.6) is 0 Å². The summed E-state index contributed by atoms with van der Waals surface area (Å²) in [6.45, 7) is 2.65. The van der Waals surface area contributed by atoms with Crippen LogP contribution in [0.2, 0.25) is 0 Å². The highest BCUT2D eigenvalue weighted by Crippen LogP contribution is 2.11. The van der Waals surface area contributed by atoms with Gasteiger partial charge in [0.15, 0.2) is 0 Å². The van der Waals surface area contributed by atoms with Gasteiger partial charge in [0, 0.05) is 26.2 Å². The Balaban J connectivity index is 0.00000144. The Morgan fingerprint density at radius 1 is 1.12 bits per heavy atom. The van der Waals surface area contributed by atoms with Crippen molar-refractivity contribution in [3.05, 3.63) is 35.9 Å². The molecule has 1 aromatic rings. The lowest BCUT2D eigenvalue weighted by Crippen LogP contribution is -2.46. The maximum Gasteiger partial charge on any atom is 0.218 e. The number of nitrogens with zero attached hydrogens (tertiary/aromatic N) is 1. The van der Waals surface area contributed by atoms with Gasteiger partial charge >= 0.3 is 0 Å². The Labute approximate surface area is 108 Å². The fraction of sp³-hybridized carbons (Fsp3) is 0.455. The summed E-state index contributed by atoms with van der Waals surface area (Å²) >= 11 is 0. The third-order valence-corrected chi connectivity index (χ3v) is 4.51. The molecule has 0 radical (unpaired) electrons. The fourth-order valence-electron chi connectivity index (χ4n) is 1.80. The average molecular weight is 277 g/mol. The van der Waals surface area contributed by atoms with Gasteiger partial charge in [-0.1, -0.05) is 30.3 Å². The predicted octanol–water partition coefficient (Wildman–Crippen LogP) is 0.843. The van der Waals surface area contributed by atoms with Crippen LogP contribution < -0.4 is 5.32 Å². The molecule has 1 N–H and O–H groups in total. The molecule has 0 aliphatic carbocycles. The summed E-state index contributed by atoms with van der Waals surface area (Å²) in [6, 6.07) is 9.31. The van der Waals surface area contributed by atoms with Gasteiger partial charge in [0.05, 0.1) is 5.75 Å². The van der Waals surface area contributed by atoms with Crippen LogP contribution in [0, 0.1) is 0 Å². The highest BCUT2D eigenvalue weighted by atomic mass is 35.5. The van der Waals surface area contributed by atoms with Crippen molar-refractivity contribution in [1.82, 2.24) is 9.62 Å². The first kappa shape index (κ1) is 14.4. The van der Waals surface area contributed by atoms with Crippen LogP contribution in [0.4, 0.5) is 0 Å². The third kappa shape index (κ3) is 3.96. The molecule has 17 heavy (non-hydrogen) atoms. The van der Waals surface area contributed by atoms with E-state index in [1.807, 2.05) is 30.3 Å². The SMILES string of the molecule is Cl.O=S(=O)(Cc1ccccc1)N1CCNCC1. The Hall–Kier alpha value is -0.620. The Kier molecular flexibility index (Phi) is 5.39. The quantitative estimate of drug-likeness (QED) is 0.890. The van der Waals surface area contributed by atoms with E-state index in [9.17, 15) is 8.42 Å². The number of benzene rings is 1. The van der Waals surface area contributed by atoms with Gasteiger partial charge in [-0.05, 0) is 5.56 Å². The molecule has 0 bridgehead atoms. The van der Waals surface area contributed by atoms with Crippen molar-refractivity contribution < 1.29 is 8.42 Å². The molecule has 0 aromatic heterocycles. The van der Waals surface area contributed by atoms with Gasteiger partial charge in [-0.3, -0.25) is 0 Å². The molecule has 2 rings (SSSR count). The molecule has 0 saturated carbocycles. The second-order valence-corrected chi connectivity index (χ2v) is 5.86. The Morgan fingerprint density at radius 3 is 2.29 bits per heavy atom. The zero-order valence-corrected chi connectivity index (χ0v) is 11.1. The van der Waals surface area contributed by atoms with Gasteiger partial charge in [0.2, 0.25) is 10.0 Å². The fourth-order valence-corrected chi connectivity index (χ4v) is 3.33. The first-order valence-corrected chi connectivity index (χ1v) is 7.02. The van der Waals surface area contributed by atoms with Crippen molar-refractivity contribution >= 4 is 22.4 Å². The Bertz CT molecular complexity index is 430. The van der Waals surface area contributed by atoms with Gasteiger partial charge in [-0.25, -0.2) is 8.42 Å². The predicted molar refractivity (Wildman–Crippen MR) is 70.8 cm³/mol. The number of piperazine rings is 1. The normalized spacial score (nSPS) is 17.4. The Morgan fingerprint density at radius 2 is 1.71 bits per heavy atom. The number of nitrogens with one attached hydrogen (secondary N) is 1. The van der Waals surface area contributed by atoms with Crippen LogP contribution in [0.3, 0.4) is 0 Å². The number of hydrogen-bond acceptors (Lipinski definition) is 3. The molecule has 1 saturated heterocycles. The van der Waals surface area contributed by atoms with Crippen LogP contribution in [-0.2, 0) is 15.8 Å². The number of hydrogen-bond donors (Lipinski definition) is 1. The molecular weight excluding hydrogens is 260 g/mol. The number of halogens is 1. The molecule has 0 spiro atoms. The van der Waals surface area contributed by atoms with Gasteiger partial charge in [-0.15, -0.1) is 12.4 Å². The zero-order valence-electron chi connectivity index (χ0n) is 9.50. The van der Waals surface area contributed by atoms with E-state index in [2.05, 4.69) is 5.32 Å². The molecule has 0 unspecified atom stereocenters. The van der Waals surface area contributed by atoms with Gasteiger partial charge in [-0.2, -0.15) is 4.31 Å². The van der Waals surface area contributed by atoms with E-state index in [-0.39, 0.29) is 18.2 Å². The maximum atomic E-state index is 12.1. The summed E-state index contributed by atoms with van der Waals surface area (Å²) in [4.78, 5) is 0. The molecule has 6 heteroatoms. The number of rotatable bonds is 3. The van der Waals surface area contributed by atoms with E-state index in [1.54, 1.807) is 4.31 Å². The minimum atomic E-state index is -3.14. The highest BCUT2D eigenvalue weighted by molar-refractivity contribution is 7.88. The smallest absolute Gasteiger partial charge is 0.218 e. The summed E-state index contributed by atoms with van der Waals surface area (Å²) in [5.74, 6) is 0.105. The molecule has 1 aliphatic rings. The standard InChI is InChI=1S/C11H16N2O2S.ClH/c14-16(15,13-8-6-12-7-9-13)10-11-4-2-1-3-5-11;/h1-5,12H,6-10H2;1H. The van der Waals surface area contributed by atoms with E-state index in [4.69, 9.17) is 0 Å². The van der Waals surface area contributed by atoms with Crippen molar-refractivity contribution in [2.24, 2.45) is 0 Å². The van der Waals surface area contributed by atoms with Crippen LogP contribution in [0.1, 0.15) is 5.56 Å². The summed E-state index contributed by atoms with van der Waals surface area (Å²) in [6.07, 6.45) is 0. The average Bonchev–Trinajstić information content (AvgIpc) is 2.31. The highest BCUT2D eigenvalue weighted by Gasteiger charge is 2.23. The number of sulfonamides is 1. The molecule has 0 amide bonds. The van der Waals surface area contributed by atoms with Gasteiger partial charge in [0.1, 0.15) is 0 Å². The summed E-state index contributed by atoms with van der Waals surface area (Å²) in [7, 11) is -3.14. The van der Waals surface area contributed by atoms with Crippen molar-refractivity contribution in [2.75, 3.05) is 26.2 Å².